The molecule has 0 amide bonds. The zero-order valence-electron chi connectivity index (χ0n) is 4.43. The molecule has 0 saturated carbocycles. The van der Waals surface area contributed by atoms with E-state index in [-0.39, 0.29) is 0 Å². The Hall–Kier alpha value is -0.240. The molecular weight excluding hydrogens is 168 g/mol. The molecule has 8 heavy (non-hydrogen) atoms. The minimum Gasteiger partial charge on any atom is -0.493 e. The molecule has 1 aliphatic rings. The molecule has 0 saturated heterocycles. The standard InChI is InChI=1S/C6H7BrO/c7-5-6-3-1-2-4-8-6/h1-3H,4-5H2. The average molecular weight is 175 g/mol. The van der Waals surface area contributed by atoms with Gasteiger partial charge in [-0.15, -0.1) is 0 Å². The first-order valence-corrected chi connectivity index (χ1v) is 3.60. The topological polar surface area (TPSA) is 9.23 Å². The van der Waals surface area contributed by atoms with Crippen LogP contribution in [0.5, 0.6) is 0 Å². The van der Waals surface area contributed by atoms with Gasteiger partial charge < -0.3 is 4.74 Å². The highest BCUT2D eigenvalue weighted by Gasteiger charge is 1.94. The summed E-state index contributed by atoms with van der Waals surface area (Å²) in [5, 5.41) is 0.817. The van der Waals surface area contributed by atoms with Crippen molar-refractivity contribution in [1.29, 1.82) is 0 Å². The molecule has 0 aromatic heterocycles. The van der Waals surface area contributed by atoms with Crippen molar-refractivity contribution in [2.75, 3.05) is 11.9 Å². The van der Waals surface area contributed by atoms with Gasteiger partial charge in [-0.05, 0) is 12.2 Å². The molecule has 0 fully saturated rings. The van der Waals surface area contributed by atoms with Crippen LogP contribution < -0.4 is 0 Å². The van der Waals surface area contributed by atoms with Crippen LogP contribution in [0.1, 0.15) is 0 Å². The summed E-state index contributed by atoms with van der Waals surface area (Å²) < 4.78 is 5.15. The van der Waals surface area contributed by atoms with Crippen LogP contribution in [0.25, 0.3) is 0 Å². The molecule has 0 radical (unpaired) electrons. The molecule has 2 heteroatoms. The summed E-state index contributed by atoms with van der Waals surface area (Å²) in [4.78, 5) is 0. The molecule has 0 aliphatic carbocycles. The Bertz CT molecular complexity index is 126. The van der Waals surface area contributed by atoms with Crippen molar-refractivity contribution in [3.05, 3.63) is 24.0 Å². The third-order valence-electron chi connectivity index (χ3n) is 0.915. The van der Waals surface area contributed by atoms with Crippen LogP contribution in [0.3, 0.4) is 0 Å². The summed E-state index contributed by atoms with van der Waals surface area (Å²) in [7, 11) is 0. The Kier molecular flexibility index (Phi) is 2.15. The SMILES string of the molecule is BrCC1=CC=CCO1. The van der Waals surface area contributed by atoms with E-state index in [0.717, 1.165) is 17.7 Å². The Balaban J connectivity index is 2.50. The number of alkyl halides is 1. The van der Waals surface area contributed by atoms with Gasteiger partial charge in [-0.3, -0.25) is 0 Å². The third-order valence-corrected chi connectivity index (χ3v) is 1.47. The van der Waals surface area contributed by atoms with Crippen molar-refractivity contribution in [3.63, 3.8) is 0 Å². The van der Waals surface area contributed by atoms with Crippen LogP contribution in [0.4, 0.5) is 0 Å². The second kappa shape index (κ2) is 2.92. The molecule has 0 spiro atoms. The van der Waals surface area contributed by atoms with Gasteiger partial charge in [-0.1, -0.05) is 22.0 Å². The van der Waals surface area contributed by atoms with E-state index in [2.05, 4.69) is 15.9 Å². The lowest BCUT2D eigenvalue weighted by Crippen LogP contribution is -1.96. The van der Waals surface area contributed by atoms with E-state index in [9.17, 15) is 0 Å². The normalized spacial score (nSPS) is 17.4. The molecule has 0 N–H and O–H groups in total. The fourth-order valence-electron chi connectivity index (χ4n) is 0.517. The largest absolute Gasteiger partial charge is 0.493 e. The molecule has 44 valence electrons. The minimum absolute atomic E-state index is 0.720. The van der Waals surface area contributed by atoms with Crippen molar-refractivity contribution in [2.45, 2.75) is 0 Å². The van der Waals surface area contributed by atoms with E-state index in [4.69, 9.17) is 4.74 Å². The monoisotopic (exact) mass is 174 g/mol. The molecule has 1 nitrogen and oxygen atoms in total. The maximum Gasteiger partial charge on any atom is 0.107 e. The minimum atomic E-state index is 0.720. The van der Waals surface area contributed by atoms with Gasteiger partial charge in [0, 0.05) is 0 Å². The molecule has 1 rings (SSSR count). The van der Waals surface area contributed by atoms with Gasteiger partial charge in [-0.2, -0.15) is 0 Å². The predicted octanol–water partition coefficient (Wildman–Crippen LogP) is 1.85. The summed E-state index contributed by atoms with van der Waals surface area (Å²) in [6.45, 7) is 0.720. The van der Waals surface area contributed by atoms with Gasteiger partial charge in [0.05, 0.1) is 5.33 Å². The highest BCUT2D eigenvalue weighted by molar-refractivity contribution is 9.09. The lowest BCUT2D eigenvalue weighted by atomic mass is 10.4. The van der Waals surface area contributed by atoms with E-state index < -0.39 is 0 Å². The van der Waals surface area contributed by atoms with Crippen LogP contribution in [0.15, 0.2) is 24.0 Å². The number of rotatable bonds is 1. The van der Waals surface area contributed by atoms with E-state index >= 15 is 0 Å². The van der Waals surface area contributed by atoms with Gasteiger partial charge in [-0.25, -0.2) is 0 Å². The van der Waals surface area contributed by atoms with Gasteiger partial charge in [0.1, 0.15) is 12.4 Å². The average Bonchev–Trinajstić information content (AvgIpc) is 1.90. The molecule has 0 unspecified atom stereocenters. The summed E-state index contributed by atoms with van der Waals surface area (Å²) in [5.74, 6) is 1.01. The molecule has 0 aromatic carbocycles. The van der Waals surface area contributed by atoms with Crippen molar-refractivity contribution in [2.24, 2.45) is 0 Å². The molecule has 1 heterocycles. The van der Waals surface area contributed by atoms with E-state index in [1.807, 2.05) is 18.2 Å². The highest BCUT2D eigenvalue weighted by atomic mass is 79.9. The lowest BCUT2D eigenvalue weighted by Gasteiger charge is -2.06. The fraction of sp³-hybridized carbons (Fsp3) is 0.333. The van der Waals surface area contributed by atoms with Crippen molar-refractivity contribution in [1.82, 2.24) is 0 Å². The quantitative estimate of drug-likeness (QED) is 0.552. The van der Waals surface area contributed by atoms with Crippen LogP contribution in [-0.4, -0.2) is 11.9 Å². The van der Waals surface area contributed by atoms with Gasteiger partial charge >= 0.3 is 0 Å². The van der Waals surface area contributed by atoms with Crippen LogP contribution in [0.2, 0.25) is 0 Å². The number of hydrogen-bond acceptors (Lipinski definition) is 1. The smallest absolute Gasteiger partial charge is 0.107 e. The number of halogens is 1. The molecule has 0 aromatic rings. The van der Waals surface area contributed by atoms with Gasteiger partial charge in [0.15, 0.2) is 0 Å². The molecule has 0 atom stereocenters. The van der Waals surface area contributed by atoms with Crippen LogP contribution >= 0.6 is 15.9 Å². The van der Waals surface area contributed by atoms with Crippen molar-refractivity contribution >= 4 is 15.9 Å². The number of ether oxygens (including phenoxy) is 1. The Morgan fingerprint density at radius 2 is 2.62 bits per heavy atom. The van der Waals surface area contributed by atoms with Crippen molar-refractivity contribution in [3.8, 4) is 0 Å². The van der Waals surface area contributed by atoms with E-state index in [1.165, 1.54) is 0 Å². The predicted molar refractivity (Wildman–Crippen MR) is 37.0 cm³/mol. The first kappa shape index (κ1) is 5.89. The third kappa shape index (κ3) is 1.37. The van der Waals surface area contributed by atoms with Crippen LogP contribution in [0, 0.1) is 0 Å². The van der Waals surface area contributed by atoms with Gasteiger partial charge in [0.25, 0.3) is 0 Å². The highest BCUT2D eigenvalue weighted by Crippen LogP contribution is 2.05. The summed E-state index contributed by atoms with van der Waals surface area (Å²) in [6, 6.07) is 0. The molecular formula is C6H7BrO. The second-order valence-corrected chi connectivity index (χ2v) is 2.07. The Morgan fingerprint density at radius 1 is 1.75 bits per heavy atom. The fourth-order valence-corrected chi connectivity index (χ4v) is 0.866. The molecule has 0 bridgehead atoms. The molecule has 1 aliphatic heterocycles. The summed E-state index contributed by atoms with van der Waals surface area (Å²) in [6.07, 6.45) is 5.94. The van der Waals surface area contributed by atoms with E-state index in [0.29, 0.717) is 0 Å². The number of hydrogen-bond donors (Lipinski definition) is 0. The zero-order valence-corrected chi connectivity index (χ0v) is 6.02. The maximum atomic E-state index is 5.15. The van der Waals surface area contributed by atoms with Crippen LogP contribution in [-0.2, 0) is 4.74 Å². The summed E-state index contributed by atoms with van der Waals surface area (Å²) in [5.41, 5.74) is 0. The Morgan fingerprint density at radius 3 is 3.00 bits per heavy atom. The Labute approximate surface area is 57.2 Å². The second-order valence-electron chi connectivity index (χ2n) is 1.51. The first-order valence-electron chi connectivity index (χ1n) is 2.48. The van der Waals surface area contributed by atoms with E-state index in [1.54, 1.807) is 0 Å². The maximum absolute atomic E-state index is 5.15. The van der Waals surface area contributed by atoms with Crippen molar-refractivity contribution < 1.29 is 4.74 Å². The summed E-state index contributed by atoms with van der Waals surface area (Å²) >= 11 is 3.28. The lowest BCUT2D eigenvalue weighted by molar-refractivity contribution is 0.248. The number of allylic oxidation sites excluding steroid dienone is 3. The zero-order chi connectivity index (χ0) is 5.82. The first-order chi connectivity index (χ1) is 3.93. The van der Waals surface area contributed by atoms with Gasteiger partial charge in [0.2, 0.25) is 0 Å².